The molecular formula is C11H14ClN3O2S2. The van der Waals surface area contributed by atoms with Gasteiger partial charge in [0.05, 0.1) is 0 Å². The molecule has 1 fully saturated rings. The molecule has 0 saturated heterocycles. The molecule has 0 atom stereocenters. The van der Waals surface area contributed by atoms with Gasteiger partial charge >= 0.3 is 0 Å². The number of sulfonamides is 1. The van der Waals surface area contributed by atoms with Crippen LogP contribution in [-0.2, 0) is 10.0 Å². The van der Waals surface area contributed by atoms with Crippen molar-refractivity contribution in [1.82, 2.24) is 14.1 Å². The second-order valence-electron chi connectivity index (χ2n) is 4.75. The molecule has 5 nitrogen and oxygen atoms in total. The van der Waals surface area contributed by atoms with E-state index in [0.29, 0.717) is 17.4 Å². The number of aromatic nitrogens is 2. The van der Waals surface area contributed by atoms with Crippen molar-refractivity contribution in [3.05, 3.63) is 16.7 Å². The summed E-state index contributed by atoms with van der Waals surface area (Å²) in [5.74, 6) is 0.671. The van der Waals surface area contributed by atoms with Crippen molar-refractivity contribution in [1.29, 1.82) is 0 Å². The lowest BCUT2D eigenvalue weighted by atomic mass is 9.83. The second kappa shape index (κ2) is 5.05. The van der Waals surface area contributed by atoms with Crippen LogP contribution in [0.1, 0.15) is 25.7 Å². The van der Waals surface area contributed by atoms with Crippen molar-refractivity contribution in [3.8, 4) is 0 Å². The Morgan fingerprint density at radius 1 is 1.53 bits per heavy atom. The molecule has 1 aliphatic rings. The fourth-order valence-electron chi connectivity index (χ4n) is 2.23. The van der Waals surface area contributed by atoms with E-state index in [-0.39, 0.29) is 10.2 Å². The first-order chi connectivity index (χ1) is 9.08. The van der Waals surface area contributed by atoms with Gasteiger partial charge in [0.15, 0.2) is 15.1 Å². The van der Waals surface area contributed by atoms with Crippen LogP contribution in [0.15, 0.2) is 16.6 Å². The molecule has 2 aromatic heterocycles. The Balaban J connectivity index is 1.78. The first kappa shape index (κ1) is 13.4. The van der Waals surface area contributed by atoms with Crippen LogP contribution in [0.25, 0.3) is 4.96 Å². The fraction of sp³-hybridized carbons (Fsp3) is 0.545. The number of nitrogens with one attached hydrogen (secondary N) is 1. The van der Waals surface area contributed by atoms with Gasteiger partial charge in [-0.25, -0.2) is 18.1 Å². The molecular weight excluding hydrogens is 306 g/mol. The average Bonchev–Trinajstić information content (AvgIpc) is 2.80. The number of rotatable bonds is 5. The molecule has 1 saturated carbocycles. The highest BCUT2D eigenvalue weighted by molar-refractivity contribution is 7.89. The van der Waals surface area contributed by atoms with Gasteiger partial charge in [-0.1, -0.05) is 30.9 Å². The normalized spacial score (nSPS) is 16.9. The van der Waals surface area contributed by atoms with Crippen LogP contribution in [0.2, 0.25) is 5.15 Å². The van der Waals surface area contributed by atoms with Gasteiger partial charge in [-0.3, -0.25) is 4.40 Å². The number of nitrogens with zero attached hydrogens (tertiary/aromatic N) is 2. The number of imidazole rings is 1. The minimum atomic E-state index is -3.60. The van der Waals surface area contributed by atoms with E-state index in [1.54, 1.807) is 11.6 Å². The topological polar surface area (TPSA) is 63.5 Å². The highest BCUT2D eigenvalue weighted by Gasteiger charge is 2.25. The molecule has 0 aliphatic heterocycles. The van der Waals surface area contributed by atoms with E-state index in [4.69, 9.17) is 11.6 Å². The molecule has 3 rings (SSSR count). The zero-order valence-electron chi connectivity index (χ0n) is 10.2. The van der Waals surface area contributed by atoms with Gasteiger partial charge in [-0.05, 0) is 12.3 Å². The Labute approximate surface area is 120 Å². The quantitative estimate of drug-likeness (QED) is 0.921. The average molecular weight is 320 g/mol. The van der Waals surface area contributed by atoms with Crippen molar-refractivity contribution < 1.29 is 8.42 Å². The summed E-state index contributed by atoms with van der Waals surface area (Å²) in [6.45, 7) is 0.459. The summed E-state index contributed by atoms with van der Waals surface area (Å²) < 4.78 is 28.7. The lowest BCUT2D eigenvalue weighted by Gasteiger charge is -2.25. The zero-order valence-corrected chi connectivity index (χ0v) is 12.6. The predicted octanol–water partition coefficient (Wildman–Crippen LogP) is 2.52. The molecule has 2 heterocycles. The van der Waals surface area contributed by atoms with Crippen molar-refractivity contribution in [2.75, 3.05) is 6.54 Å². The summed E-state index contributed by atoms with van der Waals surface area (Å²) in [4.78, 5) is 4.63. The van der Waals surface area contributed by atoms with Crippen molar-refractivity contribution >= 4 is 37.9 Å². The van der Waals surface area contributed by atoms with Gasteiger partial charge in [0, 0.05) is 18.1 Å². The van der Waals surface area contributed by atoms with E-state index in [1.807, 2.05) is 0 Å². The monoisotopic (exact) mass is 319 g/mol. The van der Waals surface area contributed by atoms with Crippen molar-refractivity contribution in [2.45, 2.75) is 30.7 Å². The third-order valence-corrected chi connectivity index (χ3v) is 6.12. The van der Waals surface area contributed by atoms with E-state index in [0.717, 1.165) is 6.42 Å². The maximum absolute atomic E-state index is 12.3. The van der Waals surface area contributed by atoms with Crippen molar-refractivity contribution in [2.24, 2.45) is 5.92 Å². The van der Waals surface area contributed by atoms with E-state index in [9.17, 15) is 8.42 Å². The first-order valence-electron chi connectivity index (χ1n) is 6.18. The Bertz CT molecular complexity index is 688. The number of thiazole rings is 1. The molecule has 8 heteroatoms. The van der Waals surface area contributed by atoms with Crippen LogP contribution in [0.3, 0.4) is 0 Å². The largest absolute Gasteiger partial charge is 0.279 e. The van der Waals surface area contributed by atoms with Gasteiger partial charge in [0.2, 0.25) is 0 Å². The molecule has 0 bridgehead atoms. The Morgan fingerprint density at radius 3 is 3.00 bits per heavy atom. The lowest BCUT2D eigenvalue weighted by molar-refractivity contribution is 0.297. The summed E-state index contributed by atoms with van der Waals surface area (Å²) in [5.41, 5.74) is 0. The van der Waals surface area contributed by atoms with Gasteiger partial charge in [-0.15, -0.1) is 11.3 Å². The van der Waals surface area contributed by atoms with Crippen molar-refractivity contribution in [3.63, 3.8) is 0 Å². The van der Waals surface area contributed by atoms with E-state index in [2.05, 4.69) is 9.71 Å². The van der Waals surface area contributed by atoms with Crippen LogP contribution >= 0.6 is 22.9 Å². The standard InChI is InChI=1S/C11H14ClN3O2S2/c12-9-10(15-6-7-18-11(15)14-9)19(16,17)13-5-4-8-2-1-3-8/h6-8,13H,1-5H2. The number of halogens is 1. The summed E-state index contributed by atoms with van der Waals surface area (Å²) in [6.07, 6.45) is 6.25. The highest BCUT2D eigenvalue weighted by atomic mass is 35.5. The summed E-state index contributed by atoms with van der Waals surface area (Å²) in [5, 5.41) is 1.86. The van der Waals surface area contributed by atoms with E-state index in [1.165, 1.54) is 35.0 Å². The number of fused-ring (bicyclic) bond motifs is 1. The van der Waals surface area contributed by atoms with Gasteiger partial charge < -0.3 is 0 Å². The molecule has 2 aromatic rings. The number of hydrogen-bond donors (Lipinski definition) is 1. The Hall–Kier alpha value is -0.630. The highest BCUT2D eigenvalue weighted by Crippen LogP contribution is 2.29. The van der Waals surface area contributed by atoms with Gasteiger partial charge in [-0.2, -0.15) is 0 Å². The summed E-state index contributed by atoms with van der Waals surface area (Å²) in [7, 11) is -3.60. The van der Waals surface area contributed by atoms with Crippen LogP contribution < -0.4 is 4.72 Å². The van der Waals surface area contributed by atoms with E-state index < -0.39 is 10.0 Å². The summed E-state index contributed by atoms with van der Waals surface area (Å²) in [6, 6.07) is 0. The van der Waals surface area contributed by atoms with Crippen LogP contribution in [0, 0.1) is 5.92 Å². The molecule has 0 amide bonds. The molecule has 0 radical (unpaired) electrons. The molecule has 0 aromatic carbocycles. The fourth-order valence-corrected chi connectivity index (χ4v) is 4.72. The van der Waals surface area contributed by atoms with Gasteiger partial charge in [0.1, 0.15) is 0 Å². The smallest absolute Gasteiger partial charge is 0.259 e. The van der Waals surface area contributed by atoms with E-state index >= 15 is 0 Å². The Kier molecular flexibility index (Phi) is 3.55. The molecule has 0 spiro atoms. The minimum Gasteiger partial charge on any atom is -0.279 e. The summed E-state index contributed by atoms with van der Waals surface area (Å²) >= 11 is 7.28. The SMILES string of the molecule is O=S(=O)(NCCC1CCC1)c1c(Cl)nc2sccn12. The lowest BCUT2D eigenvalue weighted by Crippen LogP contribution is -2.28. The maximum atomic E-state index is 12.3. The third kappa shape index (κ3) is 2.52. The molecule has 1 aliphatic carbocycles. The molecule has 0 unspecified atom stereocenters. The predicted molar refractivity (Wildman–Crippen MR) is 75.2 cm³/mol. The zero-order chi connectivity index (χ0) is 13.5. The van der Waals surface area contributed by atoms with Crippen LogP contribution in [0.5, 0.6) is 0 Å². The third-order valence-electron chi connectivity index (χ3n) is 3.50. The van der Waals surface area contributed by atoms with Crippen LogP contribution in [0.4, 0.5) is 0 Å². The van der Waals surface area contributed by atoms with Crippen LogP contribution in [-0.4, -0.2) is 24.3 Å². The Morgan fingerprint density at radius 2 is 2.32 bits per heavy atom. The molecule has 19 heavy (non-hydrogen) atoms. The maximum Gasteiger partial charge on any atom is 0.259 e. The molecule has 104 valence electrons. The van der Waals surface area contributed by atoms with Gasteiger partial charge in [0.25, 0.3) is 10.0 Å². The number of hydrogen-bond acceptors (Lipinski definition) is 4. The molecule has 1 N–H and O–H groups in total. The first-order valence-corrected chi connectivity index (χ1v) is 8.93. The minimum absolute atomic E-state index is 0.0306. The second-order valence-corrected chi connectivity index (χ2v) is 7.66.